The van der Waals surface area contributed by atoms with Crippen LogP contribution >= 0.6 is 0 Å². The normalized spacial score (nSPS) is 10.6. The van der Waals surface area contributed by atoms with Crippen molar-refractivity contribution in [1.82, 2.24) is 10.3 Å². The molecule has 3 aromatic rings. The predicted molar refractivity (Wildman–Crippen MR) is 81.3 cm³/mol. The van der Waals surface area contributed by atoms with Crippen molar-refractivity contribution in [2.24, 2.45) is 0 Å². The molecular weight excluding hydrogens is 283 g/mol. The molecule has 1 amide bonds. The number of fused-ring (bicyclic) bond motifs is 1. The van der Waals surface area contributed by atoms with Crippen molar-refractivity contribution in [2.75, 3.05) is 0 Å². The lowest BCUT2D eigenvalue weighted by molar-refractivity contribution is 0.0946. The first-order valence-electron chi connectivity index (χ1n) is 6.76. The molecule has 0 bridgehead atoms. The van der Waals surface area contributed by atoms with Gasteiger partial charge in [-0.15, -0.1) is 0 Å². The fourth-order valence-electron chi connectivity index (χ4n) is 2.28. The van der Waals surface area contributed by atoms with Crippen LogP contribution in [0.5, 0.6) is 0 Å². The number of H-pyrrole nitrogens is 1. The molecule has 0 spiro atoms. The fraction of sp³-hybridized carbons (Fsp3) is 0.0588. The molecule has 0 fully saturated rings. The number of rotatable bonds is 4. The number of hydrogen-bond donors (Lipinski definition) is 2. The van der Waals surface area contributed by atoms with Crippen molar-refractivity contribution >= 4 is 23.1 Å². The number of benzene rings is 2. The molecule has 0 atom stereocenters. The highest BCUT2D eigenvalue weighted by molar-refractivity contribution is 5.98. The van der Waals surface area contributed by atoms with Gasteiger partial charge in [-0.3, -0.25) is 9.59 Å². The monoisotopic (exact) mass is 296 g/mol. The Bertz CT molecular complexity index is 855. The van der Waals surface area contributed by atoms with Crippen LogP contribution in [0.1, 0.15) is 26.4 Å². The molecule has 2 aromatic carbocycles. The molecule has 5 heteroatoms. The van der Waals surface area contributed by atoms with Gasteiger partial charge in [0.1, 0.15) is 17.8 Å². The topological polar surface area (TPSA) is 62.0 Å². The first-order valence-corrected chi connectivity index (χ1v) is 6.76. The van der Waals surface area contributed by atoms with Crippen LogP contribution in [0.3, 0.4) is 0 Å². The summed E-state index contributed by atoms with van der Waals surface area (Å²) in [7, 11) is 0. The molecule has 0 aliphatic rings. The van der Waals surface area contributed by atoms with Crippen molar-refractivity contribution in [3.63, 3.8) is 0 Å². The van der Waals surface area contributed by atoms with E-state index in [1.54, 1.807) is 30.3 Å². The Kier molecular flexibility index (Phi) is 3.70. The second kappa shape index (κ2) is 5.81. The molecule has 22 heavy (non-hydrogen) atoms. The molecule has 0 saturated heterocycles. The lowest BCUT2D eigenvalue weighted by atomic mass is 10.1. The summed E-state index contributed by atoms with van der Waals surface area (Å²) in [6.45, 7) is 0.310. The minimum Gasteiger partial charge on any atom is -0.351 e. The summed E-state index contributed by atoms with van der Waals surface area (Å²) in [5.74, 6) is -0.628. The summed E-state index contributed by atoms with van der Waals surface area (Å²) in [6.07, 6.45) is 0.761. The van der Waals surface area contributed by atoms with Gasteiger partial charge in [-0.25, -0.2) is 4.39 Å². The molecule has 0 radical (unpaired) electrons. The van der Waals surface area contributed by atoms with Crippen molar-refractivity contribution in [2.45, 2.75) is 6.54 Å². The summed E-state index contributed by atoms with van der Waals surface area (Å²) in [6, 6.07) is 12.9. The highest BCUT2D eigenvalue weighted by atomic mass is 19.1. The molecule has 0 aliphatic carbocycles. The van der Waals surface area contributed by atoms with Gasteiger partial charge in [-0.05, 0) is 35.9 Å². The van der Waals surface area contributed by atoms with E-state index in [1.807, 2.05) is 6.07 Å². The van der Waals surface area contributed by atoms with Crippen molar-refractivity contribution in [3.05, 3.63) is 71.2 Å². The highest BCUT2D eigenvalue weighted by Crippen LogP contribution is 2.16. The Morgan fingerprint density at radius 3 is 2.86 bits per heavy atom. The molecule has 1 heterocycles. The summed E-state index contributed by atoms with van der Waals surface area (Å²) in [5.41, 5.74) is 2.47. The minimum atomic E-state index is -0.343. The number of carbonyl (C=O) groups excluding carboxylic acids is 2. The molecule has 4 nitrogen and oxygen atoms in total. The summed E-state index contributed by atoms with van der Waals surface area (Å²) in [5, 5.41) is 3.41. The van der Waals surface area contributed by atoms with Gasteiger partial charge >= 0.3 is 0 Å². The van der Waals surface area contributed by atoms with Crippen LogP contribution in [0.4, 0.5) is 4.39 Å². The van der Waals surface area contributed by atoms with E-state index >= 15 is 0 Å². The van der Waals surface area contributed by atoms with Crippen LogP contribution in [0.15, 0.2) is 48.5 Å². The average Bonchev–Trinajstić information content (AvgIpc) is 2.96. The minimum absolute atomic E-state index is 0.284. The van der Waals surface area contributed by atoms with Gasteiger partial charge < -0.3 is 10.3 Å². The highest BCUT2D eigenvalue weighted by Gasteiger charge is 2.09. The van der Waals surface area contributed by atoms with E-state index in [1.165, 1.54) is 12.1 Å². The maximum atomic E-state index is 13.1. The molecule has 2 N–H and O–H groups in total. The third kappa shape index (κ3) is 2.88. The van der Waals surface area contributed by atoms with E-state index in [0.29, 0.717) is 28.7 Å². The number of hydrogen-bond acceptors (Lipinski definition) is 2. The van der Waals surface area contributed by atoms with Gasteiger partial charge in [0.05, 0.1) is 0 Å². The van der Waals surface area contributed by atoms with Gasteiger partial charge in [0.15, 0.2) is 0 Å². The number of aldehydes is 1. The predicted octanol–water partition coefficient (Wildman–Crippen LogP) is 3.05. The van der Waals surface area contributed by atoms with E-state index < -0.39 is 0 Å². The van der Waals surface area contributed by atoms with Crippen LogP contribution in [0.2, 0.25) is 0 Å². The largest absolute Gasteiger partial charge is 0.351 e. The van der Waals surface area contributed by atoms with E-state index in [0.717, 1.165) is 11.8 Å². The molecule has 0 unspecified atom stereocenters. The van der Waals surface area contributed by atoms with Crippen molar-refractivity contribution < 1.29 is 14.0 Å². The number of aromatic amines is 1. The molecule has 0 aliphatic heterocycles. The number of halogens is 1. The van der Waals surface area contributed by atoms with Gasteiger partial charge in [0, 0.05) is 23.0 Å². The lowest BCUT2D eigenvalue weighted by Crippen LogP contribution is -2.23. The molecule has 0 saturated carbocycles. The van der Waals surface area contributed by atoms with Gasteiger partial charge in [0.25, 0.3) is 5.91 Å². The van der Waals surface area contributed by atoms with Crippen LogP contribution in [0.25, 0.3) is 10.9 Å². The van der Waals surface area contributed by atoms with E-state index in [4.69, 9.17) is 0 Å². The van der Waals surface area contributed by atoms with Crippen LogP contribution in [-0.2, 0) is 6.54 Å². The van der Waals surface area contributed by atoms with Gasteiger partial charge in [-0.2, -0.15) is 0 Å². The van der Waals surface area contributed by atoms with Gasteiger partial charge in [0.2, 0.25) is 0 Å². The zero-order chi connectivity index (χ0) is 15.5. The van der Waals surface area contributed by atoms with Crippen molar-refractivity contribution in [3.8, 4) is 0 Å². The Labute approximate surface area is 126 Å². The zero-order valence-corrected chi connectivity index (χ0v) is 11.6. The van der Waals surface area contributed by atoms with E-state index in [9.17, 15) is 14.0 Å². The summed E-state index contributed by atoms with van der Waals surface area (Å²) >= 11 is 0. The number of nitrogens with one attached hydrogen (secondary N) is 2. The maximum absolute atomic E-state index is 13.1. The number of amides is 1. The molecular formula is C17H13FN2O2. The summed E-state index contributed by atoms with van der Waals surface area (Å²) < 4.78 is 13.1. The molecule has 3 rings (SSSR count). The van der Waals surface area contributed by atoms with Crippen molar-refractivity contribution in [1.29, 1.82) is 0 Å². The van der Waals surface area contributed by atoms with Crippen LogP contribution in [-0.4, -0.2) is 17.2 Å². The average molecular weight is 296 g/mol. The zero-order valence-electron chi connectivity index (χ0n) is 11.6. The second-order valence-electron chi connectivity index (χ2n) is 4.96. The maximum Gasteiger partial charge on any atom is 0.267 e. The quantitative estimate of drug-likeness (QED) is 0.727. The third-order valence-electron chi connectivity index (χ3n) is 3.37. The fourth-order valence-corrected chi connectivity index (χ4v) is 2.28. The lowest BCUT2D eigenvalue weighted by Gasteiger charge is -2.04. The van der Waals surface area contributed by atoms with Crippen LogP contribution in [0, 0.1) is 5.82 Å². The summed E-state index contributed by atoms with van der Waals surface area (Å²) in [4.78, 5) is 25.8. The second-order valence-corrected chi connectivity index (χ2v) is 4.96. The molecule has 110 valence electrons. The molecule has 1 aromatic heterocycles. The number of aromatic nitrogens is 1. The Balaban J connectivity index is 1.74. The smallest absolute Gasteiger partial charge is 0.267 e. The first kappa shape index (κ1) is 14.0. The number of carbonyl (C=O) groups is 2. The standard InChI is InChI=1S/C17H13FN2O2/c18-14-4-5-15-13(7-14)8-16(20-15)17(22)19-9-11-2-1-3-12(6-11)10-21/h1-8,10,20H,9H2,(H,19,22). The van der Waals surface area contributed by atoms with Crippen LogP contribution < -0.4 is 5.32 Å². The third-order valence-corrected chi connectivity index (χ3v) is 3.37. The Morgan fingerprint density at radius 2 is 2.05 bits per heavy atom. The first-order chi connectivity index (χ1) is 10.7. The SMILES string of the molecule is O=Cc1cccc(CNC(=O)c2cc3cc(F)ccc3[nH]2)c1. The van der Waals surface area contributed by atoms with Gasteiger partial charge in [-0.1, -0.05) is 18.2 Å². The Morgan fingerprint density at radius 1 is 1.18 bits per heavy atom. The van der Waals surface area contributed by atoms with E-state index in [2.05, 4.69) is 10.3 Å². The Hall–Kier alpha value is -2.95. The van der Waals surface area contributed by atoms with E-state index in [-0.39, 0.29) is 11.7 Å².